The summed E-state index contributed by atoms with van der Waals surface area (Å²) in [6.07, 6.45) is 2.00. The molecule has 1 aromatic heterocycles. The number of ketones is 1. The standard InChI is InChI=1S/C22H25FN4O3/c1-13-16(12-24-14(2)25-13)20(28)18-19(15-8-5-6-9-17(15)23)27(22(30)21(18)29)11-7-10-26(3)4/h5-6,8-9,12,19,28H,7,10-11H2,1-4H3/b20-18+. The van der Waals surface area contributed by atoms with Crippen molar-refractivity contribution in [1.29, 1.82) is 0 Å². The SMILES string of the molecule is Cc1ncc(/C(O)=C2\C(=O)C(=O)N(CCCN(C)C)C2c2ccccc2F)c(C)n1. The van der Waals surface area contributed by atoms with Gasteiger partial charge in [-0.05, 0) is 47.0 Å². The summed E-state index contributed by atoms with van der Waals surface area (Å²) in [6, 6.07) is 4.95. The van der Waals surface area contributed by atoms with E-state index < -0.39 is 29.3 Å². The second kappa shape index (κ2) is 8.71. The second-order valence-electron chi connectivity index (χ2n) is 7.59. The van der Waals surface area contributed by atoms with E-state index in [1.165, 1.54) is 29.3 Å². The Labute approximate surface area is 174 Å². The molecule has 1 saturated heterocycles. The first-order chi connectivity index (χ1) is 14.2. The molecule has 0 radical (unpaired) electrons. The predicted octanol–water partition coefficient (Wildman–Crippen LogP) is 2.61. The molecule has 1 unspecified atom stereocenters. The molecule has 1 amide bonds. The van der Waals surface area contributed by atoms with E-state index in [4.69, 9.17) is 0 Å². The number of likely N-dealkylation sites (tertiary alicyclic amines) is 1. The first kappa shape index (κ1) is 21.6. The topological polar surface area (TPSA) is 86.6 Å². The van der Waals surface area contributed by atoms with Crippen molar-refractivity contribution in [2.75, 3.05) is 27.2 Å². The zero-order chi connectivity index (χ0) is 22.0. The van der Waals surface area contributed by atoms with Gasteiger partial charge in [-0.25, -0.2) is 14.4 Å². The molecule has 1 aliphatic rings. The van der Waals surface area contributed by atoms with Gasteiger partial charge in [-0.15, -0.1) is 0 Å². The maximum Gasteiger partial charge on any atom is 0.295 e. The molecule has 2 aromatic rings. The van der Waals surface area contributed by atoms with Gasteiger partial charge >= 0.3 is 0 Å². The van der Waals surface area contributed by atoms with Gasteiger partial charge in [0.05, 0.1) is 22.9 Å². The molecule has 1 aromatic carbocycles. The summed E-state index contributed by atoms with van der Waals surface area (Å²) in [5, 5.41) is 11.0. The van der Waals surface area contributed by atoms with Crippen molar-refractivity contribution in [2.24, 2.45) is 0 Å². The van der Waals surface area contributed by atoms with E-state index in [0.29, 0.717) is 24.5 Å². The van der Waals surface area contributed by atoms with Crippen molar-refractivity contribution in [1.82, 2.24) is 19.8 Å². The van der Waals surface area contributed by atoms with Crippen molar-refractivity contribution < 1.29 is 19.1 Å². The van der Waals surface area contributed by atoms with Crippen LogP contribution in [0.2, 0.25) is 0 Å². The molecule has 0 spiro atoms. The first-order valence-electron chi connectivity index (χ1n) is 9.70. The molecule has 8 heteroatoms. The lowest BCUT2D eigenvalue weighted by molar-refractivity contribution is -0.140. The number of aliphatic hydroxyl groups excluding tert-OH is 1. The third-order valence-corrected chi connectivity index (χ3v) is 5.10. The molecule has 0 saturated carbocycles. The molecule has 0 bridgehead atoms. The van der Waals surface area contributed by atoms with Crippen LogP contribution in [0.3, 0.4) is 0 Å². The largest absolute Gasteiger partial charge is 0.507 e. The molecule has 7 nitrogen and oxygen atoms in total. The average Bonchev–Trinajstić information content (AvgIpc) is 2.92. The van der Waals surface area contributed by atoms with Gasteiger partial charge in [-0.2, -0.15) is 0 Å². The van der Waals surface area contributed by atoms with Gasteiger partial charge in [0.1, 0.15) is 17.4 Å². The van der Waals surface area contributed by atoms with Crippen molar-refractivity contribution in [3.05, 3.63) is 64.5 Å². The van der Waals surface area contributed by atoms with Crippen molar-refractivity contribution in [2.45, 2.75) is 26.3 Å². The number of Topliss-reactive ketones (excluding diaryl/α,β-unsaturated/α-hetero) is 1. The molecule has 1 fully saturated rings. The second-order valence-corrected chi connectivity index (χ2v) is 7.59. The number of benzene rings is 1. The Morgan fingerprint density at radius 3 is 2.57 bits per heavy atom. The Balaban J connectivity index is 2.15. The zero-order valence-corrected chi connectivity index (χ0v) is 17.5. The minimum absolute atomic E-state index is 0.148. The van der Waals surface area contributed by atoms with Crippen molar-refractivity contribution in [3.8, 4) is 0 Å². The number of aliphatic hydroxyl groups is 1. The van der Waals surface area contributed by atoms with Crippen LogP contribution in [0.1, 0.15) is 35.1 Å². The van der Waals surface area contributed by atoms with E-state index >= 15 is 0 Å². The lowest BCUT2D eigenvalue weighted by Crippen LogP contribution is -2.32. The third kappa shape index (κ3) is 4.09. The quantitative estimate of drug-likeness (QED) is 0.446. The van der Waals surface area contributed by atoms with E-state index in [9.17, 15) is 19.1 Å². The highest BCUT2D eigenvalue weighted by Gasteiger charge is 2.46. The molecule has 3 rings (SSSR count). The summed E-state index contributed by atoms with van der Waals surface area (Å²) < 4.78 is 14.7. The van der Waals surface area contributed by atoms with Gasteiger partial charge in [0, 0.05) is 18.3 Å². The van der Waals surface area contributed by atoms with Crippen LogP contribution in [0.25, 0.3) is 5.76 Å². The normalized spacial score (nSPS) is 18.5. The lowest BCUT2D eigenvalue weighted by Gasteiger charge is -2.26. The number of amides is 1. The van der Waals surface area contributed by atoms with Gasteiger partial charge in [0.25, 0.3) is 11.7 Å². The molecule has 0 aliphatic carbocycles. The number of carbonyl (C=O) groups is 2. The van der Waals surface area contributed by atoms with Crippen LogP contribution in [-0.4, -0.2) is 63.7 Å². The number of aryl methyl sites for hydroxylation is 2. The summed E-state index contributed by atoms with van der Waals surface area (Å²) in [6.45, 7) is 4.33. The first-order valence-corrected chi connectivity index (χ1v) is 9.70. The van der Waals surface area contributed by atoms with E-state index in [1.54, 1.807) is 19.9 Å². The van der Waals surface area contributed by atoms with Crippen molar-refractivity contribution >= 4 is 17.4 Å². The maximum atomic E-state index is 14.7. The van der Waals surface area contributed by atoms with Crippen LogP contribution < -0.4 is 0 Å². The van der Waals surface area contributed by atoms with Crippen LogP contribution in [0.5, 0.6) is 0 Å². The molecule has 158 valence electrons. The van der Waals surface area contributed by atoms with E-state index in [1.807, 2.05) is 19.0 Å². The summed E-state index contributed by atoms with van der Waals surface area (Å²) in [4.78, 5) is 37.3. The number of aromatic nitrogens is 2. The summed E-state index contributed by atoms with van der Waals surface area (Å²) in [5.74, 6) is -2.03. The average molecular weight is 412 g/mol. The predicted molar refractivity (Wildman–Crippen MR) is 110 cm³/mol. The number of rotatable bonds is 6. The molecular formula is C22H25FN4O3. The van der Waals surface area contributed by atoms with Crippen LogP contribution in [0.15, 0.2) is 36.0 Å². The molecule has 2 heterocycles. The molecular weight excluding hydrogens is 387 g/mol. The Morgan fingerprint density at radius 1 is 1.23 bits per heavy atom. The molecule has 30 heavy (non-hydrogen) atoms. The number of halogens is 1. The van der Waals surface area contributed by atoms with Gasteiger partial charge in [-0.1, -0.05) is 18.2 Å². The summed E-state index contributed by atoms with van der Waals surface area (Å²) in [5.41, 5.74) is 0.721. The number of hydrogen-bond acceptors (Lipinski definition) is 6. The lowest BCUT2D eigenvalue weighted by atomic mass is 9.95. The van der Waals surface area contributed by atoms with Gasteiger partial charge in [0.2, 0.25) is 0 Å². The fourth-order valence-electron chi connectivity index (χ4n) is 3.65. The molecule has 1 N–H and O–H groups in total. The molecule has 1 atom stereocenters. The monoisotopic (exact) mass is 412 g/mol. The minimum Gasteiger partial charge on any atom is -0.507 e. The highest BCUT2D eigenvalue weighted by Crippen LogP contribution is 2.40. The Morgan fingerprint density at radius 2 is 1.93 bits per heavy atom. The third-order valence-electron chi connectivity index (χ3n) is 5.10. The van der Waals surface area contributed by atoms with E-state index in [0.717, 1.165) is 0 Å². The van der Waals surface area contributed by atoms with E-state index in [2.05, 4.69) is 9.97 Å². The summed E-state index contributed by atoms with van der Waals surface area (Å²) >= 11 is 0. The summed E-state index contributed by atoms with van der Waals surface area (Å²) in [7, 11) is 3.81. The number of carbonyl (C=O) groups excluding carboxylic acids is 2. The zero-order valence-electron chi connectivity index (χ0n) is 17.5. The van der Waals surface area contributed by atoms with Crippen molar-refractivity contribution in [3.63, 3.8) is 0 Å². The highest BCUT2D eigenvalue weighted by atomic mass is 19.1. The van der Waals surface area contributed by atoms with Crippen LogP contribution in [-0.2, 0) is 9.59 Å². The van der Waals surface area contributed by atoms with Gasteiger partial charge in [-0.3, -0.25) is 9.59 Å². The fourth-order valence-corrected chi connectivity index (χ4v) is 3.65. The van der Waals surface area contributed by atoms with Crippen LogP contribution >= 0.6 is 0 Å². The minimum atomic E-state index is -1.02. The fraction of sp³-hybridized carbons (Fsp3) is 0.364. The van der Waals surface area contributed by atoms with Crippen LogP contribution in [0, 0.1) is 19.7 Å². The Bertz CT molecular complexity index is 1020. The molecule has 1 aliphatic heterocycles. The van der Waals surface area contributed by atoms with E-state index in [-0.39, 0.29) is 23.2 Å². The Kier molecular flexibility index (Phi) is 6.26. The number of nitrogens with zero attached hydrogens (tertiary/aromatic N) is 4. The van der Waals surface area contributed by atoms with Gasteiger partial charge < -0.3 is 14.9 Å². The highest BCUT2D eigenvalue weighted by molar-refractivity contribution is 6.46. The maximum absolute atomic E-state index is 14.7. The Hall–Kier alpha value is -3.13. The van der Waals surface area contributed by atoms with Crippen LogP contribution in [0.4, 0.5) is 4.39 Å². The number of hydrogen-bond donors (Lipinski definition) is 1. The van der Waals surface area contributed by atoms with Gasteiger partial charge in [0.15, 0.2) is 0 Å². The smallest absolute Gasteiger partial charge is 0.295 e.